The Morgan fingerprint density at radius 2 is 1.66 bits per heavy atom. The highest BCUT2D eigenvalue weighted by molar-refractivity contribution is 5.87. The average Bonchev–Trinajstić information content (AvgIpc) is 2.89. The van der Waals surface area contributed by atoms with E-state index in [1.54, 1.807) is 6.08 Å². The Morgan fingerprint density at radius 1 is 0.943 bits per heavy atom. The Balaban J connectivity index is 2.02. The summed E-state index contributed by atoms with van der Waals surface area (Å²) in [5.74, 6) is -0.949. The molecule has 1 fully saturated rings. The lowest BCUT2D eigenvalue weighted by molar-refractivity contribution is -0.511. The highest BCUT2D eigenvalue weighted by Crippen LogP contribution is 2.40. The van der Waals surface area contributed by atoms with Crippen LogP contribution in [-0.2, 0) is 29.7 Å². The topological polar surface area (TPSA) is 85.9 Å². The van der Waals surface area contributed by atoms with Crippen LogP contribution in [0, 0.1) is 0 Å². The van der Waals surface area contributed by atoms with E-state index in [4.69, 9.17) is 14.5 Å². The molecule has 1 aliphatic heterocycles. The average molecular weight is 489 g/mol. The molecule has 1 aromatic rings. The van der Waals surface area contributed by atoms with Gasteiger partial charge in [-0.1, -0.05) is 69.9 Å². The molecule has 196 valence electrons. The highest BCUT2D eigenvalue weighted by Gasteiger charge is 2.46. The largest absolute Gasteiger partial charge is 0.351 e. The number of benzene rings is 1. The van der Waals surface area contributed by atoms with Gasteiger partial charge in [0, 0.05) is 38.4 Å². The molecule has 0 bridgehead atoms. The minimum atomic E-state index is -0.995. The molecule has 0 spiro atoms. The maximum absolute atomic E-state index is 12.5. The van der Waals surface area contributed by atoms with Gasteiger partial charge in [-0.3, -0.25) is 4.79 Å². The zero-order valence-corrected chi connectivity index (χ0v) is 21.6. The third kappa shape index (κ3) is 10.2. The van der Waals surface area contributed by atoms with Crippen molar-refractivity contribution in [3.8, 4) is 0 Å². The van der Waals surface area contributed by atoms with Crippen LogP contribution in [0.25, 0.3) is 0 Å². The summed E-state index contributed by atoms with van der Waals surface area (Å²) >= 11 is 0. The number of aldehydes is 1. The molecule has 1 saturated heterocycles. The van der Waals surface area contributed by atoms with Crippen LogP contribution in [0.4, 0.5) is 0 Å². The van der Waals surface area contributed by atoms with Crippen LogP contribution in [0.3, 0.4) is 0 Å². The number of unbranched alkanes of at least 4 members (excludes halogenated alkanes) is 5. The number of nitrogens with one attached hydrogen (secondary N) is 2. The number of carbonyl (C=O) groups excluding carboxylic acids is 2. The Labute approximate surface area is 210 Å². The van der Waals surface area contributed by atoms with Gasteiger partial charge in [0.25, 0.3) is 0 Å². The van der Waals surface area contributed by atoms with Crippen molar-refractivity contribution in [2.45, 2.75) is 89.4 Å². The van der Waals surface area contributed by atoms with Crippen molar-refractivity contribution in [2.75, 3.05) is 26.2 Å². The number of rotatable bonds is 18. The zero-order valence-electron chi connectivity index (χ0n) is 21.6. The lowest BCUT2D eigenvalue weighted by Gasteiger charge is -2.44. The minimum absolute atomic E-state index is 0.207. The van der Waals surface area contributed by atoms with Crippen LogP contribution >= 0.6 is 0 Å². The molecule has 0 radical (unpaired) electrons. The first kappa shape index (κ1) is 29.2. The fourth-order valence-electron chi connectivity index (χ4n) is 4.08. The van der Waals surface area contributed by atoms with Crippen molar-refractivity contribution in [3.05, 3.63) is 48.0 Å². The number of carbonyl (C=O) groups is 2. The lowest BCUT2D eigenvalue weighted by atomic mass is 9.92. The van der Waals surface area contributed by atoms with Crippen molar-refractivity contribution in [1.29, 1.82) is 0 Å². The van der Waals surface area contributed by atoms with Gasteiger partial charge in [0.1, 0.15) is 6.29 Å². The van der Waals surface area contributed by atoms with E-state index < -0.39 is 11.4 Å². The monoisotopic (exact) mass is 488 g/mol. The van der Waals surface area contributed by atoms with Gasteiger partial charge in [0.2, 0.25) is 11.7 Å². The molecule has 1 amide bonds. The summed E-state index contributed by atoms with van der Waals surface area (Å²) in [4.78, 5) is 35.0. The van der Waals surface area contributed by atoms with Crippen LogP contribution in [0.15, 0.2) is 42.5 Å². The first-order valence-electron chi connectivity index (χ1n) is 13.3. The van der Waals surface area contributed by atoms with Crippen LogP contribution in [0.1, 0.15) is 83.6 Å². The van der Waals surface area contributed by atoms with E-state index in [2.05, 4.69) is 24.5 Å². The molecule has 2 rings (SSSR count). The van der Waals surface area contributed by atoms with Crippen LogP contribution < -0.4 is 10.6 Å². The number of ether oxygens (including phenoxy) is 1. The van der Waals surface area contributed by atoms with Crippen LogP contribution in [0.5, 0.6) is 0 Å². The molecule has 0 aromatic heterocycles. The van der Waals surface area contributed by atoms with Gasteiger partial charge >= 0.3 is 0 Å². The molecule has 0 saturated carbocycles. The predicted octanol–water partition coefficient (Wildman–Crippen LogP) is 4.96. The van der Waals surface area contributed by atoms with E-state index in [9.17, 15) is 9.59 Å². The fourth-order valence-corrected chi connectivity index (χ4v) is 4.08. The van der Waals surface area contributed by atoms with Gasteiger partial charge in [-0.05, 0) is 37.4 Å². The minimum Gasteiger partial charge on any atom is -0.351 e. The Morgan fingerprint density at radius 3 is 2.26 bits per heavy atom. The Hall–Kier alpha value is -2.06. The smallest absolute Gasteiger partial charge is 0.243 e. The van der Waals surface area contributed by atoms with Crippen molar-refractivity contribution in [1.82, 2.24) is 10.6 Å². The molecule has 1 aliphatic rings. The van der Waals surface area contributed by atoms with Crippen molar-refractivity contribution in [3.63, 3.8) is 0 Å². The van der Waals surface area contributed by atoms with E-state index >= 15 is 0 Å². The number of hydrogen-bond donors (Lipinski definition) is 2. The molecule has 1 heterocycles. The third-order valence-corrected chi connectivity index (χ3v) is 6.26. The molecule has 2 N–H and O–H groups in total. The maximum Gasteiger partial charge on any atom is 0.243 e. The van der Waals surface area contributed by atoms with Gasteiger partial charge in [0.05, 0.1) is 6.61 Å². The van der Waals surface area contributed by atoms with Crippen molar-refractivity contribution < 1.29 is 24.1 Å². The SMILES string of the molecule is CCCCCC1(CCCCC)OCC(/C=C/C(=O)NCCNCCCC=O)(c2ccccc2)OO1. The van der Waals surface area contributed by atoms with Gasteiger partial charge in [-0.15, -0.1) is 0 Å². The second-order valence-corrected chi connectivity index (χ2v) is 9.22. The predicted molar refractivity (Wildman–Crippen MR) is 138 cm³/mol. The van der Waals surface area contributed by atoms with Crippen LogP contribution in [-0.4, -0.2) is 44.2 Å². The van der Waals surface area contributed by atoms with E-state index in [-0.39, 0.29) is 12.5 Å². The second kappa shape index (κ2) is 16.6. The summed E-state index contributed by atoms with van der Waals surface area (Å²) in [5, 5.41) is 6.07. The summed E-state index contributed by atoms with van der Waals surface area (Å²) in [5.41, 5.74) is -0.123. The maximum atomic E-state index is 12.5. The molecule has 35 heavy (non-hydrogen) atoms. The fraction of sp³-hybridized carbons (Fsp3) is 0.643. The van der Waals surface area contributed by atoms with E-state index in [1.807, 2.05) is 30.3 Å². The summed E-state index contributed by atoms with van der Waals surface area (Å²) < 4.78 is 6.44. The van der Waals surface area contributed by atoms with Gasteiger partial charge in [0.15, 0.2) is 5.60 Å². The number of amides is 1. The Kier molecular flexibility index (Phi) is 13.8. The van der Waals surface area contributed by atoms with Crippen molar-refractivity contribution in [2.24, 2.45) is 0 Å². The molecular weight excluding hydrogens is 444 g/mol. The summed E-state index contributed by atoms with van der Waals surface area (Å²) in [6.45, 7) is 6.53. The van der Waals surface area contributed by atoms with E-state index in [0.29, 0.717) is 19.5 Å². The molecule has 1 unspecified atom stereocenters. The summed E-state index contributed by atoms with van der Waals surface area (Å²) in [6.07, 6.45) is 13.6. The third-order valence-electron chi connectivity index (χ3n) is 6.26. The van der Waals surface area contributed by atoms with Gasteiger partial charge < -0.3 is 20.2 Å². The van der Waals surface area contributed by atoms with Gasteiger partial charge in [-0.25, -0.2) is 4.89 Å². The van der Waals surface area contributed by atoms with E-state index in [0.717, 1.165) is 76.2 Å². The number of hydrogen-bond acceptors (Lipinski definition) is 6. The summed E-state index contributed by atoms with van der Waals surface area (Å²) in [7, 11) is 0. The lowest BCUT2D eigenvalue weighted by Crippen LogP contribution is -2.50. The quantitative estimate of drug-likeness (QED) is 0.131. The van der Waals surface area contributed by atoms with Gasteiger partial charge in [-0.2, -0.15) is 4.89 Å². The molecule has 1 atom stereocenters. The highest BCUT2D eigenvalue weighted by atomic mass is 17.2. The zero-order chi connectivity index (χ0) is 25.2. The van der Waals surface area contributed by atoms with Crippen LogP contribution in [0.2, 0.25) is 0 Å². The summed E-state index contributed by atoms with van der Waals surface area (Å²) in [6, 6.07) is 9.74. The van der Waals surface area contributed by atoms with E-state index in [1.165, 1.54) is 6.08 Å². The first-order valence-corrected chi connectivity index (χ1v) is 13.3. The molecule has 7 nitrogen and oxygen atoms in total. The molecular formula is C28H44N2O5. The molecule has 0 aliphatic carbocycles. The molecule has 1 aromatic carbocycles. The standard InChI is InChI=1S/C28H44N2O5/c1-3-5-10-17-28(18-11-6-4-2)33-24-27(34-35-28,25-14-8-7-9-15-25)19-16-26(32)30-22-21-29-20-12-13-23-31/h7-9,14-16,19,23,29H,3-6,10-13,17-18,20-22,24H2,1-2H3,(H,30,32)/b19-16+. The Bertz CT molecular complexity index is 733. The first-order chi connectivity index (χ1) is 17.1. The second-order valence-electron chi connectivity index (χ2n) is 9.22. The normalized spacial score (nSPS) is 19.6. The molecule has 7 heteroatoms. The van der Waals surface area contributed by atoms with Crippen molar-refractivity contribution >= 4 is 12.2 Å².